The zero-order chi connectivity index (χ0) is 23.0. The summed E-state index contributed by atoms with van der Waals surface area (Å²) in [7, 11) is 5.57. The maximum atomic E-state index is 13.5. The van der Waals surface area contributed by atoms with Crippen LogP contribution in [0.15, 0.2) is 69.6 Å². The van der Waals surface area contributed by atoms with Gasteiger partial charge in [-0.05, 0) is 55.3 Å². The summed E-state index contributed by atoms with van der Waals surface area (Å²) in [6, 6.07) is 15.0. The van der Waals surface area contributed by atoms with Crippen LogP contribution >= 0.6 is 11.3 Å². The van der Waals surface area contributed by atoms with Crippen molar-refractivity contribution in [3.8, 4) is 5.75 Å². The second-order valence-electron chi connectivity index (χ2n) is 7.90. The van der Waals surface area contributed by atoms with Gasteiger partial charge in [0.15, 0.2) is 10.6 Å². The van der Waals surface area contributed by atoms with Crippen molar-refractivity contribution in [1.29, 1.82) is 0 Å². The number of ether oxygens (including phenoxy) is 1. The lowest BCUT2D eigenvalue weighted by Crippen LogP contribution is -2.39. The lowest BCUT2D eigenvalue weighted by atomic mass is 9.93. The smallest absolute Gasteiger partial charge is 0.271 e. The number of rotatable bonds is 5. The fourth-order valence-corrected chi connectivity index (χ4v) is 4.94. The third-order valence-corrected chi connectivity index (χ3v) is 6.52. The van der Waals surface area contributed by atoms with Crippen LogP contribution < -0.4 is 24.5 Å². The van der Waals surface area contributed by atoms with Crippen molar-refractivity contribution >= 4 is 28.9 Å². The molecule has 0 amide bonds. The van der Waals surface area contributed by atoms with Gasteiger partial charge < -0.3 is 9.64 Å². The number of anilines is 1. The molecule has 3 aromatic rings. The highest BCUT2D eigenvalue weighted by atomic mass is 32.1. The number of nitrogens with zero attached hydrogens (tertiary/aromatic N) is 3. The molecule has 0 aliphatic carbocycles. The van der Waals surface area contributed by atoms with Crippen molar-refractivity contribution in [3.05, 3.63) is 90.6 Å². The number of hydrogen-bond donors (Lipinski definition) is 0. The van der Waals surface area contributed by atoms with Gasteiger partial charge in [0.25, 0.3) is 5.56 Å². The predicted molar refractivity (Wildman–Crippen MR) is 128 cm³/mol. The molecule has 2 aromatic carbocycles. The normalized spacial score (nSPS) is 15.9. The third kappa shape index (κ3) is 3.91. The number of fused-ring (bicyclic) bond motifs is 1. The van der Waals surface area contributed by atoms with Gasteiger partial charge in [-0.15, -0.1) is 0 Å². The summed E-state index contributed by atoms with van der Waals surface area (Å²) in [5, 5.41) is 0. The Kier molecular flexibility index (Phi) is 5.84. The van der Waals surface area contributed by atoms with Crippen LogP contribution in [0, 0.1) is 0 Å². The number of thiazole rings is 1. The minimum absolute atomic E-state index is 0.0858. The second-order valence-corrected chi connectivity index (χ2v) is 8.91. The number of carbonyl (C=O) groups is 1. The number of aromatic nitrogens is 1. The van der Waals surface area contributed by atoms with Crippen molar-refractivity contribution < 1.29 is 9.53 Å². The summed E-state index contributed by atoms with van der Waals surface area (Å²) in [5.74, 6) is 0.670. The SMILES string of the molecule is COc1ccc(/C=c2/sc3n(c2=O)[C@@H](c2ccc(N(C)C)cc2)C(C(C)=O)=C(C)N=3)cc1. The van der Waals surface area contributed by atoms with Gasteiger partial charge in [-0.25, -0.2) is 4.99 Å². The molecule has 6 nitrogen and oxygen atoms in total. The minimum atomic E-state index is -0.502. The lowest BCUT2D eigenvalue weighted by Gasteiger charge is -2.25. The van der Waals surface area contributed by atoms with Crippen molar-refractivity contribution in [3.63, 3.8) is 0 Å². The van der Waals surface area contributed by atoms with E-state index >= 15 is 0 Å². The highest BCUT2D eigenvalue weighted by Gasteiger charge is 2.30. The van der Waals surface area contributed by atoms with Crippen LogP contribution in [0.3, 0.4) is 0 Å². The summed E-state index contributed by atoms with van der Waals surface area (Å²) in [6.45, 7) is 3.36. The Morgan fingerprint density at radius 3 is 2.34 bits per heavy atom. The first-order chi connectivity index (χ1) is 15.3. The fraction of sp³-hybridized carbons (Fsp3) is 0.240. The summed E-state index contributed by atoms with van der Waals surface area (Å²) >= 11 is 1.33. The molecule has 7 heteroatoms. The van der Waals surface area contributed by atoms with E-state index in [2.05, 4.69) is 4.99 Å². The van der Waals surface area contributed by atoms with E-state index in [4.69, 9.17) is 4.74 Å². The Labute approximate surface area is 190 Å². The molecule has 0 N–H and O–H groups in total. The lowest BCUT2D eigenvalue weighted by molar-refractivity contribution is -0.114. The summed E-state index contributed by atoms with van der Waals surface area (Å²) in [4.78, 5) is 33.3. The van der Waals surface area contributed by atoms with E-state index in [-0.39, 0.29) is 11.3 Å². The van der Waals surface area contributed by atoms with E-state index in [0.29, 0.717) is 20.6 Å². The topological polar surface area (TPSA) is 63.9 Å². The molecule has 1 aromatic heterocycles. The highest BCUT2D eigenvalue weighted by Crippen LogP contribution is 2.31. The number of methoxy groups -OCH3 is 1. The maximum absolute atomic E-state index is 13.5. The van der Waals surface area contributed by atoms with Gasteiger partial charge in [0.1, 0.15) is 5.75 Å². The molecular formula is C25H25N3O3S. The van der Waals surface area contributed by atoms with Crippen molar-refractivity contribution in [2.45, 2.75) is 19.9 Å². The molecule has 0 unspecified atom stereocenters. The molecule has 1 aliphatic heterocycles. The molecule has 1 aliphatic rings. The molecule has 1 atom stereocenters. The number of carbonyl (C=O) groups excluding carboxylic acids is 1. The van der Waals surface area contributed by atoms with Crippen LogP contribution in [-0.4, -0.2) is 31.6 Å². The molecule has 0 saturated heterocycles. The standard InChI is InChI=1S/C25H25N3O3S/c1-15-22(16(2)29)23(18-8-10-19(11-9-18)27(3)4)28-24(30)21(32-25(28)26-15)14-17-6-12-20(31-5)13-7-17/h6-14,23H,1-5H3/b21-14+/t23-/m0/s1. The average Bonchev–Trinajstić information content (AvgIpc) is 3.07. The molecular weight excluding hydrogens is 422 g/mol. The highest BCUT2D eigenvalue weighted by molar-refractivity contribution is 7.07. The summed E-state index contributed by atoms with van der Waals surface area (Å²) in [6.07, 6.45) is 1.85. The van der Waals surface area contributed by atoms with Gasteiger partial charge in [-0.2, -0.15) is 0 Å². The predicted octanol–water partition coefficient (Wildman–Crippen LogP) is 2.90. The van der Waals surface area contributed by atoms with E-state index in [0.717, 1.165) is 22.6 Å². The first-order valence-corrected chi connectivity index (χ1v) is 11.1. The van der Waals surface area contributed by atoms with Gasteiger partial charge >= 0.3 is 0 Å². The Morgan fingerprint density at radius 1 is 1.12 bits per heavy atom. The van der Waals surface area contributed by atoms with E-state index in [1.807, 2.05) is 80.5 Å². The monoisotopic (exact) mass is 447 g/mol. The molecule has 164 valence electrons. The molecule has 2 heterocycles. The van der Waals surface area contributed by atoms with Crippen LogP contribution in [0.2, 0.25) is 0 Å². The first kappa shape index (κ1) is 21.8. The number of hydrogen-bond acceptors (Lipinski definition) is 6. The van der Waals surface area contributed by atoms with E-state index in [1.54, 1.807) is 11.7 Å². The Morgan fingerprint density at radius 2 is 1.78 bits per heavy atom. The minimum Gasteiger partial charge on any atom is -0.497 e. The molecule has 0 fully saturated rings. The number of ketones is 1. The summed E-state index contributed by atoms with van der Waals surface area (Å²) in [5.41, 5.74) is 3.86. The molecule has 4 rings (SSSR count). The third-order valence-electron chi connectivity index (χ3n) is 5.54. The molecule has 0 spiro atoms. The van der Waals surface area contributed by atoms with Gasteiger partial charge in [0.2, 0.25) is 0 Å². The van der Waals surface area contributed by atoms with Crippen LogP contribution in [0.1, 0.15) is 31.0 Å². The van der Waals surface area contributed by atoms with Crippen LogP contribution in [0.4, 0.5) is 5.69 Å². The van der Waals surface area contributed by atoms with Gasteiger partial charge in [0, 0.05) is 31.1 Å². The number of benzene rings is 2. The van der Waals surface area contributed by atoms with Gasteiger partial charge in [0.05, 0.1) is 17.7 Å². The van der Waals surface area contributed by atoms with Crippen LogP contribution in [0.5, 0.6) is 5.75 Å². The first-order valence-electron chi connectivity index (χ1n) is 10.2. The zero-order valence-electron chi connectivity index (χ0n) is 18.7. The van der Waals surface area contributed by atoms with Gasteiger partial charge in [-0.1, -0.05) is 35.6 Å². The van der Waals surface area contributed by atoms with E-state index in [9.17, 15) is 9.59 Å². The van der Waals surface area contributed by atoms with E-state index in [1.165, 1.54) is 18.3 Å². The van der Waals surface area contributed by atoms with Crippen molar-refractivity contribution in [2.24, 2.45) is 4.99 Å². The quantitative estimate of drug-likeness (QED) is 0.603. The molecule has 0 bridgehead atoms. The van der Waals surface area contributed by atoms with E-state index < -0.39 is 6.04 Å². The Balaban J connectivity index is 1.90. The maximum Gasteiger partial charge on any atom is 0.271 e. The fourth-order valence-electron chi connectivity index (χ4n) is 3.89. The zero-order valence-corrected chi connectivity index (χ0v) is 19.6. The Hall–Kier alpha value is -3.45. The average molecular weight is 448 g/mol. The summed E-state index contributed by atoms with van der Waals surface area (Å²) < 4.78 is 7.43. The Bertz CT molecular complexity index is 1380. The number of Topliss-reactive ketones (excluding diaryl/α,β-unsaturated/α-hetero) is 1. The molecule has 32 heavy (non-hydrogen) atoms. The van der Waals surface area contributed by atoms with Crippen molar-refractivity contribution in [1.82, 2.24) is 4.57 Å². The molecule has 0 radical (unpaired) electrons. The largest absolute Gasteiger partial charge is 0.497 e. The van der Waals surface area contributed by atoms with Gasteiger partial charge in [-0.3, -0.25) is 14.2 Å². The van der Waals surface area contributed by atoms with Crippen molar-refractivity contribution in [2.75, 3.05) is 26.1 Å². The number of allylic oxidation sites excluding steroid dienone is 2. The van der Waals surface area contributed by atoms with Crippen LogP contribution in [-0.2, 0) is 4.79 Å². The molecule has 0 saturated carbocycles. The van der Waals surface area contributed by atoms with Crippen LogP contribution in [0.25, 0.3) is 6.08 Å². The second kappa shape index (κ2) is 8.59.